The van der Waals surface area contributed by atoms with Crippen molar-refractivity contribution in [1.29, 1.82) is 0 Å². The second-order valence-electron chi connectivity index (χ2n) is 5.23. The van der Waals surface area contributed by atoms with Crippen molar-refractivity contribution in [3.63, 3.8) is 0 Å². The van der Waals surface area contributed by atoms with Crippen LogP contribution in [0.5, 0.6) is 11.6 Å². The lowest BCUT2D eigenvalue weighted by Gasteiger charge is -2.08. The van der Waals surface area contributed by atoms with Gasteiger partial charge in [0.25, 0.3) is 0 Å². The number of nitrogens with zero attached hydrogens (tertiary/aromatic N) is 2. The molecule has 0 amide bonds. The van der Waals surface area contributed by atoms with E-state index in [1.807, 2.05) is 0 Å². The van der Waals surface area contributed by atoms with Crippen molar-refractivity contribution in [2.24, 2.45) is 0 Å². The van der Waals surface area contributed by atoms with Gasteiger partial charge in [0, 0.05) is 23.6 Å². The molecule has 1 aromatic heterocycles. The molecule has 1 heterocycles. The number of aryl methyl sites for hydroxylation is 1. The van der Waals surface area contributed by atoms with Gasteiger partial charge in [0.15, 0.2) is 16.8 Å². The van der Waals surface area contributed by atoms with Crippen molar-refractivity contribution in [3.05, 3.63) is 77.2 Å². The maximum Gasteiger partial charge on any atom is 0.223 e. The number of hydrogen-bond acceptors (Lipinski definition) is 4. The van der Waals surface area contributed by atoms with Gasteiger partial charge in [-0.1, -0.05) is 23.9 Å². The van der Waals surface area contributed by atoms with E-state index in [1.165, 1.54) is 36.0 Å². The lowest BCUT2D eigenvalue weighted by Crippen LogP contribution is -1.96. The molecule has 0 saturated carbocycles. The topological polar surface area (TPSA) is 35.0 Å². The first-order chi connectivity index (χ1) is 12.0. The predicted molar refractivity (Wildman–Crippen MR) is 89.2 cm³/mol. The van der Waals surface area contributed by atoms with Crippen molar-refractivity contribution in [1.82, 2.24) is 9.97 Å². The monoisotopic (exact) mass is 362 g/mol. The molecule has 0 bridgehead atoms. The largest absolute Gasteiger partial charge is 0.439 e. The van der Waals surface area contributed by atoms with Crippen LogP contribution in [-0.2, 0) is 5.75 Å². The summed E-state index contributed by atoms with van der Waals surface area (Å²) >= 11 is 1.26. The number of aromatic nitrogens is 2. The van der Waals surface area contributed by atoms with Crippen LogP contribution in [-0.4, -0.2) is 9.97 Å². The van der Waals surface area contributed by atoms with Gasteiger partial charge in [-0.05, 0) is 36.8 Å². The minimum absolute atomic E-state index is 0.283. The number of rotatable bonds is 5. The van der Waals surface area contributed by atoms with Crippen molar-refractivity contribution < 1.29 is 17.9 Å². The first-order valence-electron chi connectivity index (χ1n) is 7.35. The fourth-order valence-electron chi connectivity index (χ4n) is 2.06. The number of thioether (sulfide) groups is 1. The Morgan fingerprint density at radius 3 is 2.56 bits per heavy atom. The molecule has 128 valence electrons. The quantitative estimate of drug-likeness (QED) is 0.456. The van der Waals surface area contributed by atoms with E-state index in [-0.39, 0.29) is 5.88 Å². The molecule has 0 N–H and O–H groups in total. The molecule has 0 atom stereocenters. The van der Waals surface area contributed by atoms with Crippen LogP contribution >= 0.6 is 11.8 Å². The molecule has 25 heavy (non-hydrogen) atoms. The lowest BCUT2D eigenvalue weighted by molar-refractivity contribution is 0.450. The third-order valence-corrected chi connectivity index (χ3v) is 4.10. The number of halogens is 3. The average Bonchev–Trinajstić information content (AvgIpc) is 2.55. The molecule has 3 nitrogen and oxygen atoms in total. The van der Waals surface area contributed by atoms with Crippen LogP contribution in [0.15, 0.2) is 53.7 Å². The van der Waals surface area contributed by atoms with Gasteiger partial charge in [-0.15, -0.1) is 0 Å². The van der Waals surface area contributed by atoms with E-state index < -0.39 is 17.5 Å². The van der Waals surface area contributed by atoms with Gasteiger partial charge in [-0.3, -0.25) is 0 Å². The summed E-state index contributed by atoms with van der Waals surface area (Å²) < 4.78 is 45.0. The predicted octanol–water partition coefficient (Wildman–Crippen LogP) is 5.29. The Bertz CT molecular complexity index is 905. The molecule has 0 radical (unpaired) electrons. The zero-order valence-corrected chi connectivity index (χ0v) is 14.0. The summed E-state index contributed by atoms with van der Waals surface area (Å²) in [6, 6.07) is 11.1. The molecule has 3 rings (SSSR count). The summed E-state index contributed by atoms with van der Waals surface area (Å²) in [6.45, 7) is 1.78. The summed E-state index contributed by atoms with van der Waals surface area (Å²) in [4.78, 5) is 8.53. The zero-order valence-electron chi connectivity index (χ0n) is 13.2. The molecule has 0 aliphatic rings. The van der Waals surface area contributed by atoms with Gasteiger partial charge in [0.1, 0.15) is 11.6 Å². The molecule has 3 aromatic rings. The Labute approximate surface area is 146 Å². The van der Waals surface area contributed by atoms with Gasteiger partial charge in [-0.2, -0.15) is 4.98 Å². The van der Waals surface area contributed by atoms with E-state index in [1.54, 1.807) is 19.1 Å². The number of hydrogen-bond donors (Lipinski definition) is 0. The van der Waals surface area contributed by atoms with Crippen LogP contribution in [0.25, 0.3) is 0 Å². The van der Waals surface area contributed by atoms with Crippen molar-refractivity contribution in [2.75, 3.05) is 0 Å². The van der Waals surface area contributed by atoms with Gasteiger partial charge < -0.3 is 4.74 Å². The number of benzene rings is 2. The average molecular weight is 362 g/mol. The molecule has 7 heteroatoms. The first-order valence-corrected chi connectivity index (χ1v) is 8.34. The Balaban J connectivity index is 1.73. The summed E-state index contributed by atoms with van der Waals surface area (Å²) in [5, 5.41) is 0.427. The summed E-state index contributed by atoms with van der Waals surface area (Å²) in [5.74, 6) is -1.19. The molecule has 2 aromatic carbocycles. The summed E-state index contributed by atoms with van der Waals surface area (Å²) in [6.07, 6.45) is 0. The highest BCUT2D eigenvalue weighted by Crippen LogP contribution is 2.25. The Morgan fingerprint density at radius 1 is 0.960 bits per heavy atom. The molecular weight excluding hydrogens is 349 g/mol. The van der Waals surface area contributed by atoms with Crippen LogP contribution in [0.4, 0.5) is 13.2 Å². The second kappa shape index (κ2) is 7.57. The standard InChI is InChI=1S/C18H13F3N2OS/c1-11-7-17(24-14-4-2-3-13(19)9-14)23-18(22-11)25-10-12-5-6-15(20)16(21)8-12/h2-9H,10H2,1H3. The van der Waals surface area contributed by atoms with Gasteiger partial charge in [-0.25, -0.2) is 18.2 Å². The minimum Gasteiger partial charge on any atom is -0.439 e. The van der Waals surface area contributed by atoms with E-state index in [0.29, 0.717) is 27.9 Å². The van der Waals surface area contributed by atoms with Crippen LogP contribution in [0.1, 0.15) is 11.3 Å². The fraction of sp³-hybridized carbons (Fsp3) is 0.111. The molecule has 0 aliphatic heterocycles. The van der Waals surface area contributed by atoms with Crippen LogP contribution in [0.3, 0.4) is 0 Å². The third-order valence-electron chi connectivity index (χ3n) is 3.18. The first kappa shape index (κ1) is 17.3. The smallest absolute Gasteiger partial charge is 0.223 e. The number of ether oxygens (including phenoxy) is 1. The highest BCUT2D eigenvalue weighted by Gasteiger charge is 2.08. The molecule has 0 saturated heterocycles. The van der Waals surface area contributed by atoms with Crippen LogP contribution < -0.4 is 4.74 Å². The summed E-state index contributed by atoms with van der Waals surface area (Å²) in [5.41, 5.74) is 1.29. The Hall–Kier alpha value is -2.54. The second-order valence-corrected chi connectivity index (χ2v) is 6.17. The highest BCUT2D eigenvalue weighted by molar-refractivity contribution is 7.98. The van der Waals surface area contributed by atoms with Crippen molar-refractivity contribution in [2.45, 2.75) is 17.8 Å². The van der Waals surface area contributed by atoms with E-state index in [0.717, 1.165) is 12.1 Å². The molecule has 0 fully saturated rings. The maximum absolute atomic E-state index is 13.2. The van der Waals surface area contributed by atoms with Crippen molar-refractivity contribution in [3.8, 4) is 11.6 Å². The van der Waals surface area contributed by atoms with E-state index in [4.69, 9.17) is 4.74 Å². The van der Waals surface area contributed by atoms with Crippen molar-refractivity contribution >= 4 is 11.8 Å². The van der Waals surface area contributed by atoms with E-state index in [2.05, 4.69) is 9.97 Å². The zero-order chi connectivity index (χ0) is 17.8. The van der Waals surface area contributed by atoms with Gasteiger partial charge in [0.2, 0.25) is 5.88 Å². The molecule has 0 spiro atoms. The van der Waals surface area contributed by atoms with Crippen LogP contribution in [0.2, 0.25) is 0 Å². The highest BCUT2D eigenvalue weighted by atomic mass is 32.2. The minimum atomic E-state index is -0.890. The summed E-state index contributed by atoms with van der Waals surface area (Å²) in [7, 11) is 0. The fourth-order valence-corrected chi connectivity index (χ4v) is 2.90. The molecule has 0 unspecified atom stereocenters. The SMILES string of the molecule is Cc1cc(Oc2cccc(F)c2)nc(SCc2ccc(F)c(F)c2)n1. The van der Waals surface area contributed by atoms with Gasteiger partial charge in [0.05, 0.1) is 0 Å². The Morgan fingerprint density at radius 2 is 1.80 bits per heavy atom. The van der Waals surface area contributed by atoms with Gasteiger partial charge >= 0.3 is 0 Å². The normalized spacial score (nSPS) is 10.7. The maximum atomic E-state index is 13.2. The lowest BCUT2D eigenvalue weighted by atomic mass is 10.2. The van der Waals surface area contributed by atoms with E-state index in [9.17, 15) is 13.2 Å². The van der Waals surface area contributed by atoms with E-state index >= 15 is 0 Å². The molecular formula is C18H13F3N2OS. The van der Waals surface area contributed by atoms with Crippen LogP contribution in [0, 0.1) is 24.4 Å². The third kappa shape index (κ3) is 4.73. The molecule has 0 aliphatic carbocycles. The Kier molecular flexibility index (Phi) is 5.23.